The summed E-state index contributed by atoms with van der Waals surface area (Å²) >= 11 is 0. The standard InChI is InChI=1S/C16H30N2O4S/c1-16(2,3)22-15(19)18(4)14-7-5-12(6-8-14)17-13-9-10-23(20,21)11-13/h12-14,17H,5-11H2,1-4H3. The number of nitrogens with zero attached hydrogens (tertiary/aromatic N) is 1. The zero-order valence-electron chi connectivity index (χ0n) is 14.7. The first-order valence-corrected chi connectivity index (χ1v) is 10.3. The number of carbonyl (C=O) groups is 1. The second-order valence-electron chi connectivity index (χ2n) is 7.86. The van der Waals surface area contributed by atoms with E-state index in [0.29, 0.717) is 11.8 Å². The van der Waals surface area contributed by atoms with Gasteiger partial charge in [0.25, 0.3) is 0 Å². The third kappa shape index (κ3) is 5.64. The molecule has 1 saturated carbocycles. The van der Waals surface area contributed by atoms with Crippen molar-refractivity contribution in [1.29, 1.82) is 0 Å². The predicted octanol–water partition coefficient (Wildman–Crippen LogP) is 1.94. The number of carbonyl (C=O) groups excluding carboxylic acids is 1. The van der Waals surface area contributed by atoms with Gasteiger partial charge in [-0.3, -0.25) is 0 Å². The van der Waals surface area contributed by atoms with Gasteiger partial charge in [-0.2, -0.15) is 0 Å². The van der Waals surface area contributed by atoms with Crippen molar-refractivity contribution in [3.05, 3.63) is 0 Å². The lowest BCUT2D eigenvalue weighted by Crippen LogP contribution is -2.47. The third-order valence-corrected chi connectivity index (χ3v) is 6.40. The van der Waals surface area contributed by atoms with Gasteiger partial charge in [0.2, 0.25) is 0 Å². The van der Waals surface area contributed by atoms with Crippen molar-refractivity contribution in [2.75, 3.05) is 18.6 Å². The fraction of sp³-hybridized carbons (Fsp3) is 0.938. The van der Waals surface area contributed by atoms with E-state index in [1.165, 1.54) is 0 Å². The van der Waals surface area contributed by atoms with Crippen molar-refractivity contribution >= 4 is 15.9 Å². The van der Waals surface area contributed by atoms with Crippen LogP contribution in [-0.4, -0.2) is 61.7 Å². The summed E-state index contributed by atoms with van der Waals surface area (Å²) in [5, 5.41) is 3.49. The van der Waals surface area contributed by atoms with E-state index >= 15 is 0 Å². The molecule has 6 nitrogen and oxygen atoms in total. The first-order valence-electron chi connectivity index (χ1n) is 8.48. The number of amides is 1. The van der Waals surface area contributed by atoms with Crippen LogP contribution in [0.15, 0.2) is 0 Å². The summed E-state index contributed by atoms with van der Waals surface area (Å²) < 4.78 is 28.4. The number of rotatable bonds is 3. The van der Waals surface area contributed by atoms with E-state index < -0.39 is 15.4 Å². The summed E-state index contributed by atoms with van der Waals surface area (Å²) in [7, 11) is -1.03. The molecular weight excluding hydrogens is 316 g/mol. The van der Waals surface area contributed by atoms with Crippen molar-refractivity contribution in [1.82, 2.24) is 10.2 Å². The molecule has 1 aliphatic carbocycles. The number of hydrogen-bond donors (Lipinski definition) is 1. The van der Waals surface area contributed by atoms with Gasteiger partial charge in [0.15, 0.2) is 9.84 Å². The summed E-state index contributed by atoms with van der Waals surface area (Å²) in [4.78, 5) is 13.8. The fourth-order valence-electron chi connectivity index (χ4n) is 3.37. The molecule has 2 aliphatic rings. The molecule has 1 N–H and O–H groups in total. The van der Waals surface area contributed by atoms with Crippen LogP contribution in [-0.2, 0) is 14.6 Å². The lowest BCUT2D eigenvalue weighted by molar-refractivity contribution is 0.0178. The largest absolute Gasteiger partial charge is 0.444 e. The van der Waals surface area contributed by atoms with Crippen LogP contribution >= 0.6 is 0 Å². The number of nitrogens with one attached hydrogen (secondary N) is 1. The van der Waals surface area contributed by atoms with Crippen molar-refractivity contribution in [2.24, 2.45) is 0 Å². The fourth-order valence-corrected chi connectivity index (χ4v) is 5.06. The highest BCUT2D eigenvalue weighted by Gasteiger charge is 2.33. The van der Waals surface area contributed by atoms with Crippen LogP contribution in [0.2, 0.25) is 0 Å². The van der Waals surface area contributed by atoms with Gasteiger partial charge < -0.3 is 15.0 Å². The molecule has 1 saturated heterocycles. The molecule has 2 fully saturated rings. The molecule has 1 atom stereocenters. The van der Waals surface area contributed by atoms with E-state index in [4.69, 9.17) is 4.74 Å². The van der Waals surface area contributed by atoms with Gasteiger partial charge in [0.1, 0.15) is 5.60 Å². The van der Waals surface area contributed by atoms with Gasteiger partial charge in [0.05, 0.1) is 11.5 Å². The molecule has 23 heavy (non-hydrogen) atoms. The Hall–Kier alpha value is -0.820. The van der Waals surface area contributed by atoms with Crippen molar-refractivity contribution in [2.45, 2.75) is 76.6 Å². The maximum Gasteiger partial charge on any atom is 0.410 e. The highest BCUT2D eigenvalue weighted by Crippen LogP contribution is 2.25. The maximum atomic E-state index is 12.1. The molecule has 0 aromatic rings. The second kappa shape index (κ2) is 6.97. The first kappa shape index (κ1) is 18.5. The van der Waals surface area contributed by atoms with Crippen LogP contribution in [0.5, 0.6) is 0 Å². The molecule has 0 radical (unpaired) electrons. The number of sulfone groups is 1. The summed E-state index contributed by atoms with van der Waals surface area (Å²) in [6, 6.07) is 0.664. The Morgan fingerprint density at radius 3 is 2.17 bits per heavy atom. The zero-order chi connectivity index (χ0) is 17.3. The topological polar surface area (TPSA) is 75.7 Å². The Balaban J connectivity index is 1.76. The SMILES string of the molecule is CN(C(=O)OC(C)(C)C)C1CCC(NC2CCS(=O)(=O)C2)CC1. The van der Waals surface area contributed by atoms with Crippen LogP contribution < -0.4 is 5.32 Å². The lowest BCUT2D eigenvalue weighted by Gasteiger charge is -2.36. The number of ether oxygens (including phenoxy) is 1. The molecule has 134 valence electrons. The van der Waals surface area contributed by atoms with Crippen LogP contribution in [0.3, 0.4) is 0 Å². The number of hydrogen-bond acceptors (Lipinski definition) is 5. The molecule has 0 bridgehead atoms. The van der Waals surface area contributed by atoms with Gasteiger partial charge >= 0.3 is 6.09 Å². The van der Waals surface area contributed by atoms with Crippen molar-refractivity contribution < 1.29 is 17.9 Å². The molecule has 1 unspecified atom stereocenters. The average Bonchev–Trinajstić information content (AvgIpc) is 2.76. The van der Waals surface area contributed by atoms with Crippen molar-refractivity contribution in [3.8, 4) is 0 Å². The average molecular weight is 346 g/mol. The van der Waals surface area contributed by atoms with Gasteiger partial charge in [0, 0.05) is 25.2 Å². The smallest absolute Gasteiger partial charge is 0.410 e. The van der Waals surface area contributed by atoms with E-state index in [9.17, 15) is 13.2 Å². The van der Waals surface area contributed by atoms with Crippen molar-refractivity contribution in [3.63, 3.8) is 0 Å². The molecular formula is C16H30N2O4S. The Bertz CT molecular complexity index is 519. The highest BCUT2D eigenvalue weighted by molar-refractivity contribution is 7.91. The minimum Gasteiger partial charge on any atom is -0.444 e. The van der Waals surface area contributed by atoms with Crippen LogP contribution in [0.25, 0.3) is 0 Å². The van der Waals surface area contributed by atoms with Crippen LogP contribution in [0, 0.1) is 0 Å². The molecule has 7 heteroatoms. The zero-order valence-corrected chi connectivity index (χ0v) is 15.5. The van der Waals surface area contributed by atoms with E-state index in [1.54, 1.807) is 11.9 Å². The molecule has 0 spiro atoms. The second-order valence-corrected chi connectivity index (χ2v) is 10.1. The summed E-state index contributed by atoms with van der Waals surface area (Å²) in [6.07, 6.45) is 4.23. The van der Waals surface area contributed by atoms with E-state index in [0.717, 1.165) is 32.1 Å². The van der Waals surface area contributed by atoms with Gasteiger partial charge in [-0.25, -0.2) is 13.2 Å². The van der Waals surface area contributed by atoms with Crippen LogP contribution in [0.1, 0.15) is 52.9 Å². The first-order chi connectivity index (χ1) is 10.6. The molecule has 2 rings (SSSR count). The lowest BCUT2D eigenvalue weighted by atomic mass is 9.90. The Kier molecular flexibility index (Phi) is 5.61. The normalized spacial score (nSPS) is 30.9. The molecule has 1 heterocycles. The Morgan fingerprint density at radius 2 is 1.70 bits per heavy atom. The van der Waals surface area contributed by atoms with Gasteiger partial charge in [-0.05, 0) is 52.9 Å². The van der Waals surface area contributed by atoms with E-state index in [2.05, 4.69) is 5.32 Å². The third-order valence-electron chi connectivity index (χ3n) is 4.63. The quantitative estimate of drug-likeness (QED) is 0.845. The maximum absolute atomic E-state index is 12.1. The summed E-state index contributed by atoms with van der Waals surface area (Å²) in [5.41, 5.74) is -0.474. The molecule has 0 aromatic heterocycles. The highest BCUT2D eigenvalue weighted by atomic mass is 32.2. The Morgan fingerprint density at radius 1 is 1.09 bits per heavy atom. The predicted molar refractivity (Wildman–Crippen MR) is 90.2 cm³/mol. The minimum atomic E-state index is -2.83. The molecule has 1 aliphatic heterocycles. The minimum absolute atomic E-state index is 0.102. The summed E-state index contributed by atoms with van der Waals surface area (Å²) in [5.74, 6) is 0.576. The van der Waals surface area contributed by atoms with Gasteiger partial charge in [-0.15, -0.1) is 0 Å². The Labute approximate surface area is 139 Å². The summed E-state index contributed by atoms with van der Waals surface area (Å²) in [6.45, 7) is 5.61. The monoisotopic (exact) mass is 346 g/mol. The van der Waals surface area contributed by atoms with Gasteiger partial charge in [-0.1, -0.05) is 0 Å². The van der Waals surface area contributed by atoms with E-state index in [-0.39, 0.29) is 23.9 Å². The van der Waals surface area contributed by atoms with Crippen LogP contribution in [0.4, 0.5) is 4.79 Å². The molecule has 1 amide bonds. The molecule has 0 aromatic carbocycles. The van der Waals surface area contributed by atoms with E-state index in [1.807, 2.05) is 20.8 Å².